The van der Waals surface area contributed by atoms with E-state index in [9.17, 15) is 9.59 Å². The summed E-state index contributed by atoms with van der Waals surface area (Å²) in [5.41, 5.74) is 5.60. The molecule has 2 N–H and O–H groups in total. The Morgan fingerprint density at radius 2 is 1.82 bits per heavy atom. The van der Waals surface area contributed by atoms with Gasteiger partial charge in [-0.2, -0.15) is 0 Å². The molecule has 2 aromatic rings. The van der Waals surface area contributed by atoms with Gasteiger partial charge in [0.05, 0.1) is 5.69 Å². The van der Waals surface area contributed by atoms with E-state index in [0.29, 0.717) is 15.9 Å². The monoisotopic (exact) mass is 415 g/mol. The lowest BCUT2D eigenvalue weighted by Crippen LogP contribution is -2.28. The largest absolute Gasteiger partial charge is 0.326 e. The fourth-order valence-electron chi connectivity index (χ4n) is 3.10. The molecule has 1 saturated heterocycles. The number of hydrogen-bond donors (Lipinski definition) is 2. The second-order valence-corrected chi connectivity index (χ2v) is 8.57. The van der Waals surface area contributed by atoms with E-state index in [1.807, 2.05) is 52.0 Å². The highest BCUT2D eigenvalue weighted by Gasteiger charge is 2.32. The van der Waals surface area contributed by atoms with Crippen LogP contribution in [0.1, 0.15) is 28.7 Å². The molecule has 0 aromatic heterocycles. The Morgan fingerprint density at radius 3 is 2.46 bits per heavy atom. The van der Waals surface area contributed by atoms with Crippen LogP contribution in [0.4, 0.5) is 11.4 Å². The van der Waals surface area contributed by atoms with Crippen LogP contribution in [0, 0.1) is 27.7 Å². The lowest BCUT2D eigenvalue weighted by Gasteiger charge is -2.13. The number of amides is 2. The summed E-state index contributed by atoms with van der Waals surface area (Å²) >= 11 is 7.38. The van der Waals surface area contributed by atoms with Crippen LogP contribution in [0.25, 0.3) is 0 Å². The van der Waals surface area contributed by atoms with Gasteiger partial charge >= 0.3 is 0 Å². The van der Waals surface area contributed by atoms with Crippen molar-refractivity contribution < 1.29 is 9.59 Å². The second-order valence-electron chi connectivity index (χ2n) is 6.97. The predicted molar refractivity (Wildman–Crippen MR) is 117 cm³/mol. The van der Waals surface area contributed by atoms with Gasteiger partial charge in [-0.05, 0) is 56.5 Å². The van der Waals surface area contributed by atoms with Crippen LogP contribution in [0.3, 0.4) is 0 Å². The number of amidine groups is 1. The first-order valence-corrected chi connectivity index (χ1v) is 10.2. The molecular weight excluding hydrogens is 394 g/mol. The van der Waals surface area contributed by atoms with Crippen LogP contribution in [-0.2, 0) is 9.59 Å². The topological polar surface area (TPSA) is 70.6 Å². The summed E-state index contributed by atoms with van der Waals surface area (Å²) in [4.78, 5) is 29.2. The zero-order valence-electron chi connectivity index (χ0n) is 16.2. The van der Waals surface area contributed by atoms with E-state index in [1.165, 1.54) is 11.8 Å². The van der Waals surface area contributed by atoms with Crippen molar-refractivity contribution in [3.05, 3.63) is 57.6 Å². The van der Waals surface area contributed by atoms with Crippen LogP contribution >= 0.6 is 23.4 Å². The molecule has 28 heavy (non-hydrogen) atoms. The fraction of sp³-hybridized carbons (Fsp3) is 0.286. The number of aryl methyl sites for hydroxylation is 4. The van der Waals surface area contributed by atoms with E-state index in [1.54, 1.807) is 6.07 Å². The summed E-state index contributed by atoms with van der Waals surface area (Å²) in [7, 11) is 0. The molecule has 5 nitrogen and oxygen atoms in total. The van der Waals surface area contributed by atoms with E-state index in [0.717, 1.165) is 27.9 Å². The van der Waals surface area contributed by atoms with Crippen molar-refractivity contribution in [1.29, 1.82) is 0 Å². The molecule has 0 unspecified atom stereocenters. The maximum atomic E-state index is 12.5. The Hall–Kier alpha value is -2.31. The summed E-state index contributed by atoms with van der Waals surface area (Å²) in [6.07, 6.45) is 0.0803. The number of halogens is 1. The molecule has 1 aliphatic heterocycles. The van der Waals surface area contributed by atoms with Crippen molar-refractivity contribution in [2.75, 3.05) is 5.32 Å². The smallest absolute Gasteiger partial charge is 0.240 e. The number of carbonyl (C=O) groups is 2. The average molecular weight is 416 g/mol. The predicted octanol–water partition coefficient (Wildman–Crippen LogP) is 4.82. The minimum atomic E-state index is -0.509. The highest BCUT2D eigenvalue weighted by molar-refractivity contribution is 8.15. The Morgan fingerprint density at radius 1 is 1.14 bits per heavy atom. The molecule has 1 fully saturated rings. The Labute approximate surface area is 174 Å². The van der Waals surface area contributed by atoms with E-state index in [-0.39, 0.29) is 18.2 Å². The number of benzene rings is 2. The quantitative estimate of drug-likeness (QED) is 0.751. The molecule has 0 radical (unpaired) electrons. The lowest BCUT2D eigenvalue weighted by atomic mass is 10.0. The maximum absolute atomic E-state index is 12.5. The van der Waals surface area contributed by atoms with Crippen LogP contribution in [-0.4, -0.2) is 22.2 Å². The van der Waals surface area contributed by atoms with Crippen LogP contribution in [0.5, 0.6) is 0 Å². The third-order valence-corrected chi connectivity index (χ3v) is 5.96. The zero-order chi connectivity index (χ0) is 20.4. The summed E-state index contributed by atoms with van der Waals surface area (Å²) in [6, 6.07) is 9.51. The van der Waals surface area contributed by atoms with Crippen LogP contribution < -0.4 is 10.6 Å². The maximum Gasteiger partial charge on any atom is 0.240 e. The summed E-state index contributed by atoms with van der Waals surface area (Å²) in [6.45, 7) is 7.86. The average Bonchev–Trinajstić information content (AvgIpc) is 2.93. The van der Waals surface area contributed by atoms with Crippen molar-refractivity contribution in [3.8, 4) is 0 Å². The van der Waals surface area contributed by atoms with E-state index >= 15 is 0 Å². The van der Waals surface area contributed by atoms with Gasteiger partial charge in [-0.25, -0.2) is 4.99 Å². The summed E-state index contributed by atoms with van der Waals surface area (Å²) in [5.74, 6) is -0.406. The number of thioether (sulfide) groups is 1. The minimum absolute atomic E-state index is 0.0803. The molecule has 2 aromatic carbocycles. The first kappa shape index (κ1) is 20.4. The van der Waals surface area contributed by atoms with Gasteiger partial charge in [-0.1, -0.05) is 47.1 Å². The molecule has 1 aliphatic rings. The summed E-state index contributed by atoms with van der Waals surface area (Å²) in [5, 5.41) is 6.27. The number of carbonyl (C=O) groups excluding carboxylic acids is 2. The number of nitrogens with one attached hydrogen (secondary N) is 2. The van der Waals surface area contributed by atoms with Gasteiger partial charge in [-0.15, -0.1) is 0 Å². The number of aliphatic imine (C=N–C) groups is 1. The van der Waals surface area contributed by atoms with Gasteiger partial charge in [0.1, 0.15) is 5.25 Å². The molecule has 2 amide bonds. The van der Waals surface area contributed by atoms with E-state index < -0.39 is 5.25 Å². The molecule has 0 aliphatic carbocycles. The zero-order valence-corrected chi connectivity index (χ0v) is 17.8. The molecule has 1 atom stereocenters. The highest BCUT2D eigenvalue weighted by Crippen LogP contribution is 2.28. The van der Waals surface area contributed by atoms with Crippen molar-refractivity contribution >= 4 is 51.7 Å². The second kappa shape index (κ2) is 8.37. The van der Waals surface area contributed by atoms with Gasteiger partial charge in [0.25, 0.3) is 0 Å². The molecule has 3 rings (SSSR count). The number of hydrogen-bond acceptors (Lipinski definition) is 4. The Kier molecular flexibility index (Phi) is 6.10. The fourth-order valence-corrected chi connectivity index (χ4v) is 4.26. The standard InChI is InChI=1S/C21H22ClN3O2S/c1-11-7-13(3)19(14(4)8-11)24-18(26)10-17-20(27)25-21(28-17)23-15-6-5-12(2)16(22)9-15/h5-9,17H,10H2,1-4H3,(H,24,26)(H,23,25,27)/t17-/m1/s1. The van der Waals surface area contributed by atoms with E-state index in [4.69, 9.17) is 11.6 Å². The van der Waals surface area contributed by atoms with Gasteiger partial charge in [0.15, 0.2) is 5.17 Å². The van der Waals surface area contributed by atoms with Crippen molar-refractivity contribution in [3.63, 3.8) is 0 Å². The lowest BCUT2D eigenvalue weighted by molar-refractivity contribution is -0.122. The van der Waals surface area contributed by atoms with Crippen LogP contribution in [0.2, 0.25) is 5.02 Å². The van der Waals surface area contributed by atoms with Gasteiger partial charge in [0.2, 0.25) is 11.8 Å². The Balaban J connectivity index is 1.67. The molecular formula is C21H22ClN3O2S. The summed E-state index contributed by atoms with van der Waals surface area (Å²) < 4.78 is 0. The molecule has 146 valence electrons. The van der Waals surface area contributed by atoms with E-state index in [2.05, 4.69) is 15.6 Å². The molecule has 0 saturated carbocycles. The van der Waals surface area contributed by atoms with Gasteiger partial charge < -0.3 is 10.6 Å². The normalized spacial score (nSPS) is 17.7. The third-order valence-electron chi connectivity index (χ3n) is 4.47. The number of nitrogens with zero attached hydrogens (tertiary/aromatic N) is 1. The molecule has 7 heteroatoms. The molecule has 1 heterocycles. The van der Waals surface area contributed by atoms with Gasteiger partial charge in [-0.3, -0.25) is 9.59 Å². The minimum Gasteiger partial charge on any atom is -0.326 e. The SMILES string of the molecule is Cc1cc(C)c(NC(=O)C[C@H]2SC(=Nc3ccc(C)c(Cl)c3)NC2=O)c(C)c1. The number of rotatable bonds is 4. The van der Waals surface area contributed by atoms with Crippen LogP contribution in [0.15, 0.2) is 35.3 Å². The van der Waals surface area contributed by atoms with Crippen molar-refractivity contribution in [2.24, 2.45) is 4.99 Å². The first-order chi connectivity index (χ1) is 13.2. The Bertz CT molecular complexity index is 965. The molecule has 0 spiro atoms. The first-order valence-electron chi connectivity index (χ1n) is 8.93. The van der Waals surface area contributed by atoms with Crippen molar-refractivity contribution in [2.45, 2.75) is 39.4 Å². The van der Waals surface area contributed by atoms with Gasteiger partial charge in [0, 0.05) is 17.1 Å². The highest BCUT2D eigenvalue weighted by atomic mass is 35.5. The molecule has 0 bridgehead atoms. The third kappa shape index (κ3) is 4.75. The number of anilines is 1. The van der Waals surface area contributed by atoms with Crippen molar-refractivity contribution in [1.82, 2.24) is 5.32 Å².